The third-order valence-corrected chi connectivity index (χ3v) is 5.03. The molecule has 2 aliphatic rings. The molecule has 0 aliphatic heterocycles. The monoisotopic (exact) mass is 236 g/mol. The van der Waals surface area contributed by atoms with Crippen molar-refractivity contribution in [3.8, 4) is 0 Å². The fourth-order valence-electron chi connectivity index (χ4n) is 4.22. The SMILES string of the molecule is COC(=O)[C@@]1(C)CCC[C@]2(C)C=C(C)CCC21. The van der Waals surface area contributed by atoms with Crippen LogP contribution in [-0.2, 0) is 9.53 Å². The Kier molecular flexibility index (Phi) is 3.09. The van der Waals surface area contributed by atoms with E-state index in [0.29, 0.717) is 5.92 Å². The molecule has 0 saturated heterocycles. The molecule has 1 fully saturated rings. The predicted molar refractivity (Wildman–Crippen MR) is 68.6 cm³/mol. The van der Waals surface area contributed by atoms with Gasteiger partial charge in [0, 0.05) is 0 Å². The van der Waals surface area contributed by atoms with Crippen LogP contribution in [0.5, 0.6) is 0 Å². The molecule has 0 N–H and O–H groups in total. The van der Waals surface area contributed by atoms with Gasteiger partial charge in [-0.05, 0) is 50.9 Å². The Labute approximate surface area is 104 Å². The molecule has 0 bridgehead atoms. The van der Waals surface area contributed by atoms with E-state index in [1.807, 2.05) is 0 Å². The zero-order chi connectivity index (χ0) is 12.7. The minimum Gasteiger partial charge on any atom is -0.469 e. The second-order valence-corrected chi connectivity index (χ2v) is 6.35. The number of hydrogen-bond acceptors (Lipinski definition) is 2. The summed E-state index contributed by atoms with van der Waals surface area (Å²) in [6, 6.07) is 0. The lowest BCUT2D eigenvalue weighted by atomic mass is 9.52. The van der Waals surface area contributed by atoms with Crippen molar-refractivity contribution >= 4 is 5.97 Å². The number of hydrogen-bond donors (Lipinski definition) is 0. The predicted octanol–water partition coefficient (Wildman–Crippen LogP) is 3.71. The van der Waals surface area contributed by atoms with Gasteiger partial charge in [0.05, 0.1) is 12.5 Å². The van der Waals surface area contributed by atoms with Crippen molar-refractivity contribution in [3.05, 3.63) is 11.6 Å². The summed E-state index contributed by atoms with van der Waals surface area (Å²) >= 11 is 0. The van der Waals surface area contributed by atoms with Crippen LogP contribution in [0.3, 0.4) is 0 Å². The Hall–Kier alpha value is -0.790. The van der Waals surface area contributed by atoms with E-state index in [0.717, 1.165) is 25.7 Å². The third kappa shape index (κ3) is 1.92. The van der Waals surface area contributed by atoms with Gasteiger partial charge in [-0.2, -0.15) is 0 Å². The normalized spacial score (nSPS) is 41.4. The van der Waals surface area contributed by atoms with E-state index in [-0.39, 0.29) is 16.8 Å². The number of allylic oxidation sites excluding steroid dienone is 2. The zero-order valence-corrected chi connectivity index (χ0v) is 11.5. The largest absolute Gasteiger partial charge is 0.469 e. The van der Waals surface area contributed by atoms with Crippen LogP contribution in [0.25, 0.3) is 0 Å². The van der Waals surface area contributed by atoms with Crippen molar-refractivity contribution in [2.24, 2.45) is 16.7 Å². The van der Waals surface area contributed by atoms with E-state index in [1.165, 1.54) is 19.1 Å². The third-order valence-electron chi connectivity index (χ3n) is 5.03. The molecule has 0 spiro atoms. The average Bonchev–Trinajstić information content (AvgIpc) is 2.26. The quantitative estimate of drug-likeness (QED) is 0.512. The van der Waals surface area contributed by atoms with Crippen molar-refractivity contribution < 1.29 is 9.53 Å². The fraction of sp³-hybridized carbons (Fsp3) is 0.800. The number of ether oxygens (including phenoxy) is 1. The molecule has 0 aromatic heterocycles. The van der Waals surface area contributed by atoms with Crippen LogP contribution in [0, 0.1) is 16.7 Å². The summed E-state index contributed by atoms with van der Waals surface area (Å²) in [6.45, 7) is 6.64. The van der Waals surface area contributed by atoms with Crippen molar-refractivity contribution in [3.63, 3.8) is 0 Å². The van der Waals surface area contributed by atoms with Crippen LogP contribution in [0.1, 0.15) is 52.9 Å². The van der Waals surface area contributed by atoms with Crippen LogP contribution < -0.4 is 0 Å². The number of carbonyl (C=O) groups is 1. The second-order valence-electron chi connectivity index (χ2n) is 6.35. The summed E-state index contributed by atoms with van der Waals surface area (Å²) in [5.41, 5.74) is 1.40. The van der Waals surface area contributed by atoms with E-state index >= 15 is 0 Å². The van der Waals surface area contributed by atoms with Crippen LogP contribution in [0.4, 0.5) is 0 Å². The maximum atomic E-state index is 12.1. The number of carbonyl (C=O) groups excluding carboxylic acids is 1. The van der Waals surface area contributed by atoms with Crippen LogP contribution in [-0.4, -0.2) is 13.1 Å². The Morgan fingerprint density at radius 3 is 2.76 bits per heavy atom. The number of rotatable bonds is 1. The molecule has 0 amide bonds. The first-order valence-corrected chi connectivity index (χ1v) is 6.69. The summed E-state index contributed by atoms with van der Waals surface area (Å²) in [5.74, 6) is 0.432. The molecule has 1 saturated carbocycles. The first kappa shape index (κ1) is 12.7. The fourth-order valence-corrected chi connectivity index (χ4v) is 4.22. The summed E-state index contributed by atoms with van der Waals surface area (Å²) in [5, 5.41) is 0. The van der Waals surface area contributed by atoms with Gasteiger partial charge in [-0.1, -0.05) is 25.0 Å². The first-order valence-electron chi connectivity index (χ1n) is 6.69. The maximum Gasteiger partial charge on any atom is 0.311 e. The van der Waals surface area contributed by atoms with Gasteiger partial charge in [-0.3, -0.25) is 4.79 Å². The topological polar surface area (TPSA) is 26.3 Å². The van der Waals surface area contributed by atoms with Crippen molar-refractivity contribution in [1.82, 2.24) is 0 Å². The highest BCUT2D eigenvalue weighted by molar-refractivity contribution is 5.77. The van der Waals surface area contributed by atoms with E-state index in [1.54, 1.807) is 0 Å². The molecule has 3 atom stereocenters. The van der Waals surface area contributed by atoms with Gasteiger partial charge in [0.25, 0.3) is 0 Å². The van der Waals surface area contributed by atoms with Gasteiger partial charge < -0.3 is 4.74 Å². The molecule has 96 valence electrons. The van der Waals surface area contributed by atoms with Crippen LogP contribution in [0.2, 0.25) is 0 Å². The summed E-state index contributed by atoms with van der Waals surface area (Å²) < 4.78 is 5.05. The molecule has 2 rings (SSSR count). The maximum absolute atomic E-state index is 12.1. The molecule has 17 heavy (non-hydrogen) atoms. The standard InChI is InChI=1S/C15H24O2/c1-11-6-7-12-14(2,10-11)8-5-9-15(12,3)13(16)17-4/h10,12H,5-9H2,1-4H3/t12?,14-,15+/m1/s1. The Morgan fingerprint density at radius 2 is 2.12 bits per heavy atom. The highest BCUT2D eigenvalue weighted by Gasteiger charge is 2.53. The lowest BCUT2D eigenvalue weighted by Crippen LogP contribution is -2.49. The molecule has 0 aromatic rings. The second kappa shape index (κ2) is 4.15. The van der Waals surface area contributed by atoms with Crippen LogP contribution >= 0.6 is 0 Å². The highest BCUT2D eigenvalue weighted by atomic mass is 16.5. The van der Waals surface area contributed by atoms with E-state index in [9.17, 15) is 4.79 Å². The first-order chi connectivity index (χ1) is 7.92. The van der Waals surface area contributed by atoms with Gasteiger partial charge in [0.2, 0.25) is 0 Å². The minimum atomic E-state index is -0.279. The summed E-state index contributed by atoms with van der Waals surface area (Å²) in [7, 11) is 1.52. The van der Waals surface area contributed by atoms with Crippen molar-refractivity contribution in [2.45, 2.75) is 52.9 Å². The summed E-state index contributed by atoms with van der Waals surface area (Å²) in [4.78, 5) is 12.1. The molecular formula is C15H24O2. The van der Waals surface area contributed by atoms with Gasteiger partial charge in [0.15, 0.2) is 0 Å². The number of methoxy groups -OCH3 is 1. The Bertz CT molecular complexity index is 358. The number of esters is 1. The highest BCUT2D eigenvalue weighted by Crippen LogP contribution is 2.56. The molecule has 2 heteroatoms. The molecule has 0 radical (unpaired) electrons. The Morgan fingerprint density at radius 1 is 1.41 bits per heavy atom. The minimum absolute atomic E-state index is 0.0126. The average molecular weight is 236 g/mol. The smallest absolute Gasteiger partial charge is 0.311 e. The Balaban J connectivity index is 2.37. The van der Waals surface area contributed by atoms with Gasteiger partial charge in [-0.25, -0.2) is 0 Å². The lowest BCUT2D eigenvalue weighted by molar-refractivity contribution is -0.162. The van der Waals surface area contributed by atoms with Crippen molar-refractivity contribution in [2.75, 3.05) is 7.11 Å². The zero-order valence-electron chi connectivity index (χ0n) is 11.5. The van der Waals surface area contributed by atoms with E-state index in [4.69, 9.17) is 4.74 Å². The van der Waals surface area contributed by atoms with Crippen LogP contribution in [0.15, 0.2) is 11.6 Å². The van der Waals surface area contributed by atoms with E-state index in [2.05, 4.69) is 26.8 Å². The molecule has 2 nitrogen and oxygen atoms in total. The number of fused-ring (bicyclic) bond motifs is 1. The van der Waals surface area contributed by atoms with Gasteiger partial charge in [0.1, 0.15) is 0 Å². The van der Waals surface area contributed by atoms with Crippen molar-refractivity contribution in [1.29, 1.82) is 0 Å². The van der Waals surface area contributed by atoms with Gasteiger partial charge in [-0.15, -0.1) is 0 Å². The van der Waals surface area contributed by atoms with E-state index < -0.39 is 0 Å². The molecule has 0 heterocycles. The molecule has 0 aromatic carbocycles. The molecular weight excluding hydrogens is 212 g/mol. The van der Waals surface area contributed by atoms with Gasteiger partial charge >= 0.3 is 5.97 Å². The molecule has 2 aliphatic carbocycles. The summed E-state index contributed by atoms with van der Waals surface area (Å²) in [6.07, 6.45) is 8.00. The molecule has 1 unspecified atom stereocenters. The lowest BCUT2D eigenvalue weighted by Gasteiger charge is -2.51.